The van der Waals surface area contributed by atoms with E-state index >= 15 is 0 Å². The van der Waals surface area contributed by atoms with Crippen molar-refractivity contribution in [2.75, 3.05) is 27.2 Å². The van der Waals surface area contributed by atoms with Crippen LogP contribution in [0.1, 0.15) is 11.3 Å². The van der Waals surface area contributed by atoms with Crippen molar-refractivity contribution >= 4 is 11.9 Å². The maximum atomic E-state index is 13.7. The minimum atomic E-state index is -0.533. The second-order valence-corrected chi connectivity index (χ2v) is 5.80. The van der Waals surface area contributed by atoms with E-state index in [0.29, 0.717) is 18.9 Å². The number of likely N-dealkylation sites (N-methyl/N-ethyl adjacent to an activating group) is 1. The fourth-order valence-corrected chi connectivity index (χ4v) is 2.08. The second-order valence-electron chi connectivity index (χ2n) is 5.80. The van der Waals surface area contributed by atoms with E-state index in [1.807, 2.05) is 6.07 Å². The van der Waals surface area contributed by atoms with E-state index in [4.69, 9.17) is 4.42 Å². The summed E-state index contributed by atoms with van der Waals surface area (Å²) < 4.78 is 32.2. The van der Waals surface area contributed by atoms with Gasteiger partial charge in [0.15, 0.2) is 5.96 Å². The Morgan fingerprint density at radius 2 is 2.04 bits per heavy atom. The van der Waals surface area contributed by atoms with Gasteiger partial charge in [-0.2, -0.15) is 0 Å². The Kier molecular flexibility index (Phi) is 7.13. The third-order valence-corrected chi connectivity index (χ3v) is 3.57. The highest BCUT2D eigenvalue weighted by Gasteiger charge is 2.08. The maximum Gasteiger partial charge on any atom is 0.241 e. The highest BCUT2D eigenvalue weighted by Crippen LogP contribution is 2.10. The summed E-state index contributed by atoms with van der Waals surface area (Å²) in [6, 6.07) is 6.87. The highest BCUT2D eigenvalue weighted by atomic mass is 19.1. The van der Waals surface area contributed by atoms with E-state index in [2.05, 4.69) is 15.6 Å². The molecular weight excluding hydrogens is 342 g/mol. The van der Waals surface area contributed by atoms with Crippen LogP contribution in [0.5, 0.6) is 0 Å². The van der Waals surface area contributed by atoms with Crippen LogP contribution >= 0.6 is 0 Å². The molecule has 0 aliphatic heterocycles. The number of nitrogens with zero attached hydrogens (tertiary/aromatic N) is 2. The van der Waals surface area contributed by atoms with Gasteiger partial charge in [0.2, 0.25) is 5.91 Å². The van der Waals surface area contributed by atoms with Crippen molar-refractivity contribution in [1.29, 1.82) is 0 Å². The summed E-state index contributed by atoms with van der Waals surface area (Å²) in [4.78, 5) is 17.4. The summed E-state index contributed by atoms with van der Waals surface area (Å²) in [5.41, 5.74) is 0.135. The number of guanidine groups is 1. The van der Waals surface area contributed by atoms with Crippen LogP contribution in [0, 0.1) is 11.6 Å². The predicted molar refractivity (Wildman–Crippen MR) is 94.6 cm³/mol. The summed E-state index contributed by atoms with van der Waals surface area (Å²) in [6.45, 7) is 0.474. The largest absolute Gasteiger partial charge is 0.469 e. The summed E-state index contributed by atoms with van der Waals surface area (Å²) >= 11 is 0. The van der Waals surface area contributed by atoms with Gasteiger partial charge in [-0.05, 0) is 30.3 Å². The molecule has 1 aromatic carbocycles. The molecule has 0 bridgehead atoms. The number of hydrogen-bond acceptors (Lipinski definition) is 3. The Morgan fingerprint density at radius 3 is 2.73 bits per heavy atom. The quantitative estimate of drug-likeness (QED) is 0.582. The van der Waals surface area contributed by atoms with E-state index in [0.717, 1.165) is 24.0 Å². The molecule has 2 rings (SSSR count). The van der Waals surface area contributed by atoms with Crippen LogP contribution in [0.3, 0.4) is 0 Å². The van der Waals surface area contributed by atoms with E-state index in [-0.39, 0.29) is 24.6 Å². The van der Waals surface area contributed by atoms with E-state index < -0.39 is 11.6 Å². The molecule has 1 heterocycles. The van der Waals surface area contributed by atoms with Crippen molar-refractivity contribution in [3.05, 3.63) is 59.6 Å². The van der Waals surface area contributed by atoms with Crippen molar-refractivity contribution in [2.24, 2.45) is 4.99 Å². The maximum absolute atomic E-state index is 13.7. The molecule has 2 aromatic rings. The van der Waals surface area contributed by atoms with Crippen LogP contribution < -0.4 is 10.6 Å². The van der Waals surface area contributed by atoms with Gasteiger partial charge in [0.1, 0.15) is 17.4 Å². The van der Waals surface area contributed by atoms with E-state index in [9.17, 15) is 13.6 Å². The van der Waals surface area contributed by atoms with Crippen molar-refractivity contribution in [3.63, 3.8) is 0 Å². The second kappa shape index (κ2) is 9.55. The number of halogens is 2. The summed E-state index contributed by atoms with van der Waals surface area (Å²) in [7, 11) is 3.29. The first kappa shape index (κ1) is 19.4. The highest BCUT2D eigenvalue weighted by molar-refractivity contribution is 5.86. The Bertz CT molecular complexity index is 746. The molecule has 0 radical (unpaired) electrons. The van der Waals surface area contributed by atoms with Gasteiger partial charge in [-0.25, -0.2) is 13.8 Å². The number of furan rings is 1. The normalized spacial score (nSPS) is 11.3. The van der Waals surface area contributed by atoms with Crippen molar-refractivity contribution in [1.82, 2.24) is 15.5 Å². The van der Waals surface area contributed by atoms with Crippen molar-refractivity contribution < 1.29 is 18.0 Å². The molecule has 0 fully saturated rings. The van der Waals surface area contributed by atoms with Gasteiger partial charge in [-0.3, -0.25) is 4.79 Å². The number of aliphatic imine (C=N–C) groups is 1. The third kappa shape index (κ3) is 6.19. The first-order valence-corrected chi connectivity index (χ1v) is 8.14. The lowest BCUT2D eigenvalue weighted by molar-refractivity contribution is -0.127. The molecule has 1 amide bonds. The fraction of sp³-hybridized carbons (Fsp3) is 0.333. The number of carbonyl (C=O) groups excluding carboxylic acids is 1. The minimum Gasteiger partial charge on any atom is -0.469 e. The molecule has 0 unspecified atom stereocenters. The van der Waals surface area contributed by atoms with Gasteiger partial charge in [0.05, 0.1) is 19.4 Å². The zero-order chi connectivity index (χ0) is 18.9. The van der Waals surface area contributed by atoms with Crippen LogP contribution in [0.2, 0.25) is 0 Å². The Hall–Kier alpha value is -2.90. The molecule has 1 aromatic heterocycles. The fourth-order valence-electron chi connectivity index (χ4n) is 2.08. The minimum absolute atomic E-state index is 0.0330. The van der Waals surface area contributed by atoms with Gasteiger partial charge >= 0.3 is 0 Å². The SMILES string of the molecule is CN(C)C(=O)CNC(=NCc1cc(F)ccc1F)NCCc1ccco1. The average Bonchev–Trinajstić information content (AvgIpc) is 3.12. The smallest absolute Gasteiger partial charge is 0.241 e. The topological polar surface area (TPSA) is 69.9 Å². The number of nitrogens with one attached hydrogen (secondary N) is 2. The van der Waals surface area contributed by atoms with Crippen molar-refractivity contribution in [2.45, 2.75) is 13.0 Å². The van der Waals surface area contributed by atoms with Crippen LogP contribution in [0.25, 0.3) is 0 Å². The predicted octanol–water partition coefficient (Wildman–Crippen LogP) is 1.92. The Morgan fingerprint density at radius 1 is 1.23 bits per heavy atom. The lowest BCUT2D eigenvalue weighted by atomic mass is 10.2. The lowest BCUT2D eigenvalue weighted by Gasteiger charge is -2.15. The molecule has 0 saturated carbocycles. The van der Waals surface area contributed by atoms with Gasteiger partial charge in [-0.15, -0.1) is 0 Å². The van der Waals surface area contributed by atoms with Crippen LogP contribution in [-0.4, -0.2) is 44.0 Å². The van der Waals surface area contributed by atoms with Crippen LogP contribution in [-0.2, 0) is 17.8 Å². The first-order chi connectivity index (χ1) is 12.5. The Balaban J connectivity index is 2.00. The molecule has 8 heteroatoms. The zero-order valence-corrected chi connectivity index (χ0v) is 14.8. The van der Waals surface area contributed by atoms with E-state index in [1.165, 1.54) is 4.90 Å². The zero-order valence-electron chi connectivity index (χ0n) is 14.8. The summed E-state index contributed by atoms with van der Waals surface area (Å²) in [5.74, 6) is -0.0654. The summed E-state index contributed by atoms with van der Waals surface area (Å²) in [5, 5.41) is 5.93. The van der Waals surface area contributed by atoms with Gasteiger partial charge in [0.25, 0.3) is 0 Å². The average molecular weight is 364 g/mol. The molecule has 0 aliphatic carbocycles. The molecule has 6 nitrogen and oxygen atoms in total. The standard InChI is InChI=1S/C18H22F2N4O2/c1-24(2)17(25)12-23-18(21-8-7-15-4-3-9-26-15)22-11-13-10-14(19)5-6-16(13)20/h3-6,9-10H,7-8,11-12H2,1-2H3,(H2,21,22,23). The molecular formula is C18H22F2N4O2. The molecule has 0 saturated heterocycles. The lowest BCUT2D eigenvalue weighted by Crippen LogP contribution is -2.43. The third-order valence-electron chi connectivity index (χ3n) is 3.57. The van der Waals surface area contributed by atoms with Gasteiger partial charge < -0.3 is 20.0 Å². The molecule has 0 atom stereocenters. The van der Waals surface area contributed by atoms with Gasteiger partial charge in [-0.1, -0.05) is 0 Å². The monoisotopic (exact) mass is 364 g/mol. The Labute approximate surface area is 150 Å². The number of hydrogen-bond donors (Lipinski definition) is 2. The summed E-state index contributed by atoms with van der Waals surface area (Å²) in [6.07, 6.45) is 2.20. The van der Waals surface area contributed by atoms with Crippen molar-refractivity contribution in [3.8, 4) is 0 Å². The van der Waals surface area contributed by atoms with Crippen LogP contribution in [0.15, 0.2) is 46.0 Å². The molecule has 0 aliphatic rings. The van der Waals surface area contributed by atoms with Gasteiger partial charge in [0, 0.05) is 32.6 Å². The number of rotatable bonds is 7. The number of amides is 1. The van der Waals surface area contributed by atoms with Crippen LogP contribution in [0.4, 0.5) is 8.78 Å². The molecule has 2 N–H and O–H groups in total. The number of benzene rings is 1. The molecule has 26 heavy (non-hydrogen) atoms. The molecule has 140 valence electrons. The van der Waals surface area contributed by atoms with E-state index in [1.54, 1.807) is 26.4 Å². The number of carbonyl (C=O) groups is 1. The molecule has 0 spiro atoms. The first-order valence-electron chi connectivity index (χ1n) is 8.14.